The van der Waals surface area contributed by atoms with E-state index in [9.17, 15) is 0 Å². The summed E-state index contributed by atoms with van der Waals surface area (Å²) in [6, 6.07) is 17.9. The molecule has 2 rings (SSSR count). The Bertz CT molecular complexity index is 588. The third-order valence-corrected chi connectivity index (χ3v) is 3.00. The van der Waals surface area contributed by atoms with E-state index in [0.29, 0.717) is 24.5 Å². The molecule has 102 valence electrons. The number of rotatable bonds is 6. The van der Waals surface area contributed by atoms with Crippen LogP contribution in [0.2, 0.25) is 0 Å². The number of nitrogens with zero attached hydrogens (tertiary/aromatic N) is 1. The van der Waals surface area contributed by atoms with Crippen LogP contribution in [0.3, 0.4) is 0 Å². The second-order valence-corrected chi connectivity index (χ2v) is 4.40. The number of benzene rings is 2. The molecule has 0 aliphatic carbocycles. The van der Waals surface area contributed by atoms with E-state index in [1.807, 2.05) is 36.4 Å². The molecule has 0 aliphatic heterocycles. The summed E-state index contributed by atoms with van der Waals surface area (Å²) in [5, 5.41) is 8.74. The largest absolute Gasteiger partial charge is 0.493 e. The van der Waals surface area contributed by atoms with Crippen molar-refractivity contribution in [2.45, 2.75) is 12.8 Å². The Morgan fingerprint density at radius 2 is 1.80 bits per heavy atom. The summed E-state index contributed by atoms with van der Waals surface area (Å²) in [5.74, 6) is 1.39. The van der Waals surface area contributed by atoms with Crippen LogP contribution in [-0.4, -0.2) is 13.7 Å². The van der Waals surface area contributed by atoms with Gasteiger partial charge in [0.15, 0.2) is 11.5 Å². The lowest BCUT2D eigenvalue weighted by atomic mass is 10.1. The van der Waals surface area contributed by atoms with Crippen LogP contribution in [0, 0.1) is 11.3 Å². The fourth-order valence-electron chi connectivity index (χ4n) is 1.96. The second-order valence-electron chi connectivity index (χ2n) is 4.40. The average molecular weight is 267 g/mol. The fraction of sp³-hybridized carbons (Fsp3) is 0.235. The number of ether oxygens (including phenoxy) is 2. The minimum absolute atomic E-state index is 0.374. The number of hydrogen-bond acceptors (Lipinski definition) is 3. The highest BCUT2D eigenvalue weighted by molar-refractivity contribution is 5.43. The van der Waals surface area contributed by atoms with E-state index in [1.165, 1.54) is 5.56 Å². The first kappa shape index (κ1) is 14.0. The summed E-state index contributed by atoms with van der Waals surface area (Å²) in [6.07, 6.45) is 1.21. The molecule has 0 spiro atoms. The first-order valence-electron chi connectivity index (χ1n) is 6.54. The van der Waals surface area contributed by atoms with Gasteiger partial charge in [0.1, 0.15) is 0 Å². The molecule has 0 unspecified atom stereocenters. The van der Waals surface area contributed by atoms with Gasteiger partial charge in [0.25, 0.3) is 0 Å². The monoisotopic (exact) mass is 267 g/mol. The lowest BCUT2D eigenvalue weighted by molar-refractivity contribution is 0.297. The maximum absolute atomic E-state index is 8.74. The van der Waals surface area contributed by atoms with Gasteiger partial charge in [-0.25, -0.2) is 0 Å². The summed E-state index contributed by atoms with van der Waals surface area (Å²) in [5.41, 5.74) is 2.17. The van der Waals surface area contributed by atoms with E-state index in [0.717, 1.165) is 12.0 Å². The van der Waals surface area contributed by atoms with Crippen molar-refractivity contribution in [3.63, 3.8) is 0 Å². The van der Waals surface area contributed by atoms with Gasteiger partial charge in [-0.1, -0.05) is 36.4 Å². The van der Waals surface area contributed by atoms with Crippen molar-refractivity contribution in [2.24, 2.45) is 0 Å². The van der Waals surface area contributed by atoms with Crippen LogP contribution in [0.15, 0.2) is 48.5 Å². The van der Waals surface area contributed by atoms with Crippen LogP contribution < -0.4 is 9.47 Å². The van der Waals surface area contributed by atoms with Gasteiger partial charge < -0.3 is 9.47 Å². The lowest BCUT2D eigenvalue weighted by Gasteiger charge is -2.11. The van der Waals surface area contributed by atoms with Gasteiger partial charge in [0, 0.05) is 6.42 Å². The highest BCUT2D eigenvalue weighted by Gasteiger charge is 2.06. The molecule has 0 amide bonds. The van der Waals surface area contributed by atoms with Crippen molar-refractivity contribution in [3.05, 3.63) is 59.7 Å². The maximum atomic E-state index is 8.74. The third kappa shape index (κ3) is 3.76. The van der Waals surface area contributed by atoms with Crippen LogP contribution in [-0.2, 0) is 12.8 Å². The molecule has 0 bridgehead atoms. The van der Waals surface area contributed by atoms with Gasteiger partial charge in [0.05, 0.1) is 26.2 Å². The summed E-state index contributed by atoms with van der Waals surface area (Å²) >= 11 is 0. The van der Waals surface area contributed by atoms with Crippen LogP contribution in [0.25, 0.3) is 0 Å². The first-order chi connectivity index (χ1) is 9.83. The molecule has 0 saturated heterocycles. The highest BCUT2D eigenvalue weighted by Crippen LogP contribution is 2.28. The predicted molar refractivity (Wildman–Crippen MR) is 78.0 cm³/mol. The molecule has 3 heteroatoms. The normalized spacial score (nSPS) is 9.80. The number of methoxy groups -OCH3 is 1. The molecular weight excluding hydrogens is 250 g/mol. The van der Waals surface area contributed by atoms with E-state index >= 15 is 0 Å². The molecule has 0 aromatic heterocycles. The Morgan fingerprint density at radius 3 is 2.50 bits per heavy atom. The average Bonchev–Trinajstić information content (AvgIpc) is 2.49. The smallest absolute Gasteiger partial charge is 0.161 e. The summed E-state index contributed by atoms with van der Waals surface area (Å²) in [7, 11) is 1.61. The van der Waals surface area contributed by atoms with Gasteiger partial charge in [-0.15, -0.1) is 0 Å². The molecule has 0 aliphatic rings. The van der Waals surface area contributed by atoms with E-state index in [1.54, 1.807) is 7.11 Å². The number of hydrogen-bond donors (Lipinski definition) is 0. The van der Waals surface area contributed by atoms with Crippen LogP contribution in [0.5, 0.6) is 11.5 Å². The Kier molecular flexibility index (Phi) is 5.02. The Hall–Kier alpha value is -2.47. The molecule has 0 saturated carbocycles. The first-order valence-corrected chi connectivity index (χ1v) is 6.54. The van der Waals surface area contributed by atoms with Gasteiger partial charge in [0.2, 0.25) is 0 Å². The zero-order valence-corrected chi connectivity index (χ0v) is 11.5. The molecule has 0 fully saturated rings. The molecular formula is C17H17NO2. The van der Waals surface area contributed by atoms with E-state index < -0.39 is 0 Å². The topological polar surface area (TPSA) is 42.2 Å². The molecule has 20 heavy (non-hydrogen) atoms. The van der Waals surface area contributed by atoms with Crippen molar-refractivity contribution in [1.82, 2.24) is 0 Å². The minimum atomic E-state index is 0.374. The predicted octanol–water partition coefficient (Wildman–Crippen LogP) is 3.38. The highest BCUT2D eigenvalue weighted by atomic mass is 16.5. The summed E-state index contributed by atoms with van der Waals surface area (Å²) < 4.78 is 11.1. The van der Waals surface area contributed by atoms with Gasteiger partial charge >= 0.3 is 0 Å². The quantitative estimate of drug-likeness (QED) is 0.805. The van der Waals surface area contributed by atoms with Gasteiger partial charge in [-0.2, -0.15) is 5.26 Å². The van der Waals surface area contributed by atoms with Crippen molar-refractivity contribution in [1.29, 1.82) is 5.26 Å². The molecule has 0 heterocycles. The SMILES string of the molecule is COc1ccc(CC#N)cc1OCCc1ccccc1. The van der Waals surface area contributed by atoms with Crippen LogP contribution >= 0.6 is 0 Å². The van der Waals surface area contributed by atoms with Crippen molar-refractivity contribution in [3.8, 4) is 17.6 Å². The molecule has 0 N–H and O–H groups in total. The Balaban J connectivity index is 2.00. The minimum Gasteiger partial charge on any atom is -0.493 e. The van der Waals surface area contributed by atoms with Crippen molar-refractivity contribution >= 4 is 0 Å². The van der Waals surface area contributed by atoms with Crippen molar-refractivity contribution in [2.75, 3.05) is 13.7 Å². The maximum Gasteiger partial charge on any atom is 0.161 e. The standard InChI is InChI=1S/C17H17NO2/c1-19-16-8-7-15(9-11-18)13-17(16)20-12-10-14-5-3-2-4-6-14/h2-8,13H,9-10,12H2,1H3. The summed E-state index contributed by atoms with van der Waals surface area (Å²) in [4.78, 5) is 0. The lowest BCUT2D eigenvalue weighted by Crippen LogP contribution is -2.03. The third-order valence-electron chi connectivity index (χ3n) is 3.00. The molecule has 0 radical (unpaired) electrons. The van der Waals surface area contributed by atoms with Gasteiger partial charge in [-0.05, 0) is 23.3 Å². The Labute approximate surface area is 119 Å². The molecule has 0 atom stereocenters. The molecule has 2 aromatic rings. The van der Waals surface area contributed by atoms with E-state index in [2.05, 4.69) is 18.2 Å². The Morgan fingerprint density at radius 1 is 1.00 bits per heavy atom. The van der Waals surface area contributed by atoms with Crippen molar-refractivity contribution < 1.29 is 9.47 Å². The zero-order chi connectivity index (χ0) is 14.2. The fourth-order valence-corrected chi connectivity index (χ4v) is 1.96. The summed E-state index contributed by atoms with van der Waals surface area (Å²) in [6.45, 7) is 0.580. The molecule has 3 nitrogen and oxygen atoms in total. The van der Waals surface area contributed by atoms with E-state index in [4.69, 9.17) is 14.7 Å². The van der Waals surface area contributed by atoms with Crippen LogP contribution in [0.4, 0.5) is 0 Å². The van der Waals surface area contributed by atoms with Gasteiger partial charge in [-0.3, -0.25) is 0 Å². The zero-order valence-electron chi connectivity index (χ0n) is 11.5. The second kappa shape index (κ2) is 7.20. The van der Waals surface area contributed by atoms with E-state index in [-0.39, 0.29) is 0 Å². The van der Waals surface area contributed by atoms with Crippen LogP contribution in [0.1, 0.15) is 11.1 Å². The number of nitriles is 1. The molecule has 2 aromatic carbocycles.